The first kappa shape index (κ1) is 14.3. The number of likely N-dealkylation sites (tertiary alicyclic amines) is 1. The zero-order valence-corrected chi connectivity index (χ0v) is 11.6. The number of piperidine rings is 1. The highest BCUT2D eigenvalue weighted by molar-refractivity contribution is 7.85. The lowest BCUT2D eigenvalue weighted by Gasteiger charge is -2.37. The number of hydrogen-bond donors (Lipinski definition) is 2. The fourth-order valence-corrected chi connectivity index (χ4v) is 3.13. The van der Waals surface area contributed by atoms with Gasteiger partial charge in [-0.25, -0.2) is 0 Å². The molecular formula is C13H19NO4S. The number of hydrogen-bond acceptors (Lipinski definition) is 4. The molecule has 0 amide bonds. The van der Waals surface area contributed by atoms with Crippen LogP contribution in [0.2, 0.25) is 0 Å². The van der Waals surface area contributed by atoms with E-state index in [1.807, 2.05) is 6.08 Å². The van der Waals surface area contributed by atoms with E-state index in [-0.39, 0.29) is 17.6 Å². The van der Waals surface area contributed by atoms with Crippen molar-refractivity contribution in [2.45, 2.75) is 25.3 Å². The molecule has 0 radical (unpaired) electrons. The summed E-state index contributed by atoms with van der Waals surface area (Å²) in [6.07, 6.45) is 6.05. The molecule has 0 saturated carbocycles. The highest BCUT2D eigenvalue weighted by Gasteiger charge is 2.28. The number of allylic oxidation sites excluding steroid dienone is 1. The number of rotatable bonds is 4. The summed E-state index contributed by atoms with van der Waals surface area (Å²) < 4.78 is 30.2. The van der Waals surface area contributed by atoms with E-state index in [9.17, 15) is 13.5 Å². The van der Waals surface area contributed by atoms with Gasteiger partial charge in [-0.1, -0.05) is 12.7 Å². The molecule has 19 heavy (non-hydrogen) atoms. The minimum atomic E-state index is -3.89. The van der Waals surface area contributed by atoms with Crippen molar-refractivity contribution in [1.82, 2.24) is 4.90 Å². The van der Waals surface area contributed by atoms with Gasteiger partial charge in [0.1, 0.15) is 5.76 Å². The van der Waals surface area contributed by atoms with Gasteiger partial charge >= 0.3 is 0 Å². The maximum absolute atomic E-state index is 10.7. The molecule has 0 spiro atoms. The van der Waals surface area contributed by atoms with E-state index in [0.717, 1.165) is 19.4 Å². The molecule has 2 N–H and O–H groups in total. The molecule has 0 aromatic heterocycles. The van der Waals surface area contributed by atoms with Crippen LogP contribution in [-0.2, 0) is 10.1 Å². The predicted octanol–water partition coefficient (Wildman–Crippen LogP) is 1.67. The molecule has 1 aliphatic carbocycles. The summed E-state index contributed by atoms with van der Waals surface area (Å²) in [4.78, 5) is 2.13. The van der Waals surface area contributed by atoms with Crippen LogP contribution in [0.4, 0.5) is 0 Å². The molecule has 0 bridgehead atoms. The molecule has 1 fully saturated rings. The Bertz CT molecular complexity index is 533. The van der Waals surface area contributed by atoms with Gasteiger partial charge in [0.25, 0.3) is 10.1 Å². The van der Waals surface area contributed by atoms with Crippen LogP contribution in [0.1, 0.15) is 19.3 Å². The second-order valence-corrected chi connectivity index (χ2v) is 6.59. The van der Waals surface area contributed by atoms with E-state index in [1.165, 1.54) is 5.57 Å². The standard InChI is InChI=1S/C13H19NO4S/c1-10-8-11-4-2-5-14(12(11)9-13(10)15)6-3-7-19(16,17)18/h8-9,12,15H,1-7H2,(H,16,17,18). The highest BCUT2D eigenvalue weighted by Crippen LogP contribution is 2.30. The Hall–Kier alpha value is -1.11. The lowest BCUT2D eigenvalue weighted by Crippen LogP contribution is -2.42. The third-order valence-corrected chi connectivity index (χ3v) is 4.34. The zero-order valence-electron chi connectivity index (χ0n) is 10.7. The molecule has 2 aliphatic rings. The van der Waals surface area contributed by atoms with E-state index in [0.29, 0.717) is 18.5 Å². The SMILES string of the molecule is C=C1C=C2CCCN(CCCS(=O)(=O)O)C2C=C1O. The average molecular weight is 285 g/mol. The van der Waals surface area contributed by atoms with E-state index in [4.69, 9.17) is 4.55 Å². The maximum atomic E-state index is 10.7. The Morgan fingerprint density at radius 1 is 1.47 bits per heavy atom. The van der Waals surface area contributed by atoms with E-state index in [1.54, 1.807) is 6.08 Å². The fourth-order valence-electron chi connectivity index (χ4n) is 2.63. The third kappa shape index (κ3) is 3.68. The van der Waals surface area contributed by atoms with Crippen molar-refractivity contribution < 1.29 is 18.1 Å². The van der Waals surface area contributed by atoms with Crippen LogP contribution < -0.4 is 0 Å². The van der Waals surface area contributed by atoms with Crippen molar-refractivity contribution in [2.75, 3.05) is 18.8 Å². The summed E-state index contributed by atoms with van der Waals surface area (Å²) >= 11 is 0. The number of nitrogens with zero attached hydrogens (tertiary/aromatic N) is 1. The Balaban J connectivity index is 2.01. The summed E-state index contributed by atoms with van der Waals surface area (Å²) in [7, 11) is -3.89. The van der Waals surface area contributed by atoms with Crippen molar-refractivity contribution >= 4 is 10.1 Å². The quantitative estimate of drug-likeness (QED) is 0.768. The molecule has 1 saturated heterocycles. The Labute approximate surface area is 113 Å². The molecule has 2 rings (SSSR count). The van der Waals surface area contributed by atoms with Gasteiger partial charge in [0.05, 0.1) is 11.8 Å². The highest BCUT2D eigenvalue weighted by atomic mass is 32.2. The Kier molecular flexibility index (Phi) is 4.13. The lowest BCUT2D eigenvalue weighted by molar-refractivity contribution is 0.215. The topological polar surface area (TPSA) is 77.8 Å². The minimum absolute atomic E-state index is 0.0284. The maximum Gasteiger partial charge on any atom is 0.264 e. The van der Waals surface area contributed by atoms with Crippen LogP contribution in [-0.4, -0.2) is 47.9 Å². The second kappa shape index (κ2) is 5.48. The summed E-state index contributed by atoms with van der Waals surface area (Å²) in [5.41, 5.74) is 1.84. The van der Waals surface area contributed by atoms with Crippen molar-refractivity contribution in [3.8, 4) is 0 Å². The van der Waals surface area contributed by atoms with Crippen LogP contribution in [0.5, 0.6) is 0 Å². The number of aliphatic hydroxyl groups excluding tert-OH is 1. The van der Waals surface area contributed by atoms with Crippen molar-refractivity contribution in [2.24, 2.45) is 0 Å². The van der Waals surface area contributed by atoms with Crippen LogP contribution in [0.3, 0.4) is 0 Å². The molecule has 106 valence electrons. The smallest absolute Gasteiger partial charge is 0.264 e. The Morgan fingerprint density at radius 3 is 2.89 bits per heavy atom. The lowest BCUT2D eigenvalue weighted by atomic mass is 9.89. The van der Waals surface area contributed by atoms with Gasteiger partial charge in [0.15, 0.2) is 0 Å². The van der Waals surface area contributed by atoms with Gasteiger partial charge in [0.2, 0.25) is 0 Å². The first-order valence-electron chi connectivity index (χ1n) is 6.36. The van der Waals surface area contributed by atoms with Gasteiger partial charge in [-0.2, -0.15) is 8.42 Å². The monoisotopic (exact) mass is 285 g/mol. The van der Waals surface area contributed by atoms with Crippen molar-refractivity contribution in [3.63, 3.8) is 0 Å². The first-order chi connectivity index (χ1) is 8.87. The largest absolute Gasteiger partial charge is 0.508 e. The predicted molar refractivity (Wildman–Crippen MR) is 73.6 cm³/mol. The first-order valence-corrected chi connectivity index (χ1v) is 7.97. The van der Waals surface area contributed by atoms with Gasteiger partial charge in [-0.3, -0.25) is 9.45 Å². The fraction of sp³-hybridized carbons (Fsp3) is 0.538. The summed E-state index contributed by atoms with van der Waals surface area (Å²) in [6.45, 7) is 5.23. The summed E-state index contributed by atoms with van der Waals surface area (Å²) in [5.74, 6) is -0.0343. The third-order valence-electron chi connectivity index (χ3n) is 3.54. The van der Waals surface area contributed by atoms with Crippen LogP contribution in [0.15, 0.2) is 35.6 Å². The molecule has 1 heterocycles. The van der Waals surface area contributed by atoms with Gasteiger partial charge in [0, 0.05) is 12.1 Å². The molecule has 6 heteroatoms. The average Bonchev–Trinajstić information content (AvgIpc) is 2.30. The van der Waals surface area contributed by atoms with Crippen LogP contribution in [0, 0.1) is 0 Å². The summed E-state index contributed by atoms with van der Waals surface area (Å²) in [5, 5.41) is 9.74. The second-order valence-electron chi connectivity index (χ2n) is 5.02. The van der Waals surface area contributed by atoms with E-state index in [2.05, 4.69) is 11.5 Å². The molecule has 5 nitrogen and oxygen atoms in total. The van der Waals surface area contributed by atoms with Gasteiger partial charge < -0.3 is 5.11 Å². The molecule has 1 aliphatic heterocycles. The number of fused-ring (bicyclic) bond motifs is 1. The minimum Gasteiger partial charge on any atom is -0.508 e. The van der Waals surface area contributed by atoms with Crippen LogP contribution in [0.25, 0.3) is 0 Å². The van der Waals surface area contributed by atoms with E-state index < -0.39 is 10.1 Å². The summed E-state index contributed by atoms with van der Waals surface area (Å²) in [6, 6.07) is 0.0284. The normalized spacial score (nSPS) is 24.7. The van der Waals surface area contributed by atoms with Gasteiger partial charge in [-0.15, -0.1) is 0 Å². The Morgan fingerprint density at radius 2 is 2.21 bits per heavy atom. The van der Waals surface area contributed by atoms with Crippen molar-refractivity contribution in [3.05, 3.63) is 35.6 Å². The molecule has 0 aromatic carbocycles. The molecule has 1 atom stereocenters. The molecule has 0 aromatic rings. The molecule has 1 unspecified atom stereocenters. The van der Waals surface area contributed by atoms with Crippen LogP contribution >= 0.6 is 0 Å². The van der Waals surface area contributed by atoms with Crippen molar-refractivity contribution in [1.29, 1.82) is 0 Å². The molecular weight excluding hydrogens is 266 g/mol. The van der Waals surface area contributed by atoms with E-state index >= 15 is 0 Å². The number of aliphatic hydroxyl groups is 1. The zero-order chi connectivity index (χ0) is 14.0. The van der Waals surface area contributed by atoms with Gasteiger partial charge in [-0.05, 0) is 37.5 Å².